The minimum absolute atomic E-state index is 0.0315. The predicted octanol–water partition coefficient (Wildman–Crippen LogP) is 1.10. The summed E-state index contributed by atoms with van der Waals surface area (Å²) in [7, 11) is 3.64. The molecule has 0 N–H and O–H groups in total. The monoisotopic (exact) mass is 339 g/mol. The van der Waals surface area contributed by atoms with Gasteiger partial charge in [0.2, 0.25) is 10.0 Å². The third-order valence-corrected chi connectivity index (χ3v) is 6.19. The van der Waals surface area contributed by atoms with Gasteiger partial charge in [-0.3, -0.25) is 4.79 Å². The van der Waals surface area contributed by atoms with Gasteiger partial charge >= 0.3 is 0 Å². The standard InChI is InChI=1S/C16H25N3O3S/c1-17(2)14-9-11-19(12-10-14)16(20)13-5-7-15(8-6-13)23(21,22)18(3)4/h5-8,14H,9-12H2,1-4H3. The first kappa shape index (κ1) is 17.9. The molecule has 2 rings (SSSR count). The number of likely N-dealkylation sites (tertiary alicyclic amines) is 1. The van der Waals surface area contributed by atoms with Crippen LogP contribution in [-0.2, 0) is 10.0 Å². The molecule has 0 aliphatic carbocycles. The molecule has 1 heterocycles. The van der Waals surface area contributed by atoms with Crippen LogP contribution in [0.5, 0.6) is 0 Å². The summed E-state index contributed by atoms with van der Waals surface area (Å²) in [6.07, 6.45) is 1.93. The fraction of sp³-hybridized carbons (Fsp3) is 0.562. The molecule has 6 nitrogen and oxygen atoms in total. The number of sulfonamides is 1. The number of piperidine rings is 1. The molecule has 1 aromatic carbocycles. The van der Waals surface area contributed by atoms with E-state index >= 15 is 0 Å². The maximum absolute atomic E-state index is 12.5. The van der Waals surface area contributed by atoms with Crippen LogP contribution in [0.15, 0.2) is 29.2 Å². The van der Waals surface area contributed by atoms with Gasteiger partial charge in [-0.25, -0.2) is 12.7 Å². The number of amides is 1. The third-order valence-electron chi connectivity index (χ3n) is 4.36. The highest BCUT2D eigenvalue weighted by Crippen LogP contribution is 2.19. The van der Waals surface area contributed by atoms with Gasteiger partial charge in [0, 0.05) is 38.8 Å². The second-order valence-corrected chi connectivity index (χ2v) is 8.45. The van der Waals surface area contributed by atoms with Crippen molar-refractivity contribution in [1.82, 2.24) is 14.1 Å². The normalized spacial score (nSPS) is 17.0. The van der Waals surface area contributed by atoms with Crippen molar-refractivity contribution in [3.05, 3.63) is 29.8 Å². The van der Waals surface area contributed by atoms with E-state index in [1.165, 1.54) is 26.2 Å². The zero-order valence-electron chi connectivity index (χ0n) is 14.2. The van der Waals surface area contributed by atoms with Gasteiger partial charge in [0.15, 0.2) is 0 Å². The van der Waals surface area contributed by atoms with Crippen molar-refractivity contribution in [1.29, 1.82) is 0 Å². The van der Waals surface area contributed by atoms with Crippen molar-refractivity contribution in [2.24, 2.45) is 0 Å². The molecule has 0 radical (unpaired) electrons. The summed E-state index contributed by atoms with van der Waals surface area (Å²) in [5, 5.41) is 0. The molecule has 0 spiro atoms. The average molecular weight is 339 g/mol. The molecule has 1 aliphatic rings. The van der Waals surface area contributed by atoms with Gasteiger partial charge in [-0.2, -0.15) is 0 Å². The number of hydrogen-bond donors (Lipinski definition) is 0. The largest absolute Gasteiger partial charge is 0.339 e. The lowest BCUT2D eigenvalue weighted by atomic mass is 10.0. The smallest absolute Gasteiger partial charge is 0.253 e. The van der Waals surface area contributed by atoms with Gasteiger partial charge in [0.05, 0.1) is 4.90 Å². The Hall–Kier alpha value is -1.44. The lowest BCUT2D eigenvalue weighted by Gasteiger charge is -2.35. The molecule has 1 amide bonds. The van der Waals surface area contributed by atoms with Crippen LogP contribution >= 0.6 is 0 Å². The van der Waals surface area contributed by atoms with E-state index in [-0.39, 0.29) is 10.8 Å². The molecule has 1 fully saturated rings. The molecule has 1 aliphatic heterocycles. The van der Waals surface area contributed by atoms with Crippen LogP contribution in [0.2, 0.25) is 0 Å². The summed E-state index contributed by atoms with van der Waals surface area (Å²) in [5.74, 6) is -0.0315. The number of hydrogen-bond acceptors (Lipinski definition) is 4. The van der Waals surface area contributed by atoms with Crippen molar-refractivity contribution < 1.29 is 13.2 Å². The van der Waals surface area contributed by atoms with E-state index < -0.39 is 10.0 Å². The number of carbonyl (C=O) groups excluding carboxylic acids is 1. The minimum Gasteiger partial charge on any atom is -0.339 e. The van der Waals surface area contributed by atoms with E-state index in [4.69, 9.17) is 0 Å². The van der Waals surface area contributed by atoms with E-state index in [9.17, 15) is 13.2 Å². The van der Waals surface area contributed by atoms with Crippen molar-refractivity contribution in [3.63, 3.8) is 0 Å². The predicted molar refractivity (Wildman–Crippen MR) is 89.9 cm³/mol. The summed E-state index contributed by atoms with van der Waals surface area (Å²) in [6, 6.07) is 6.70. The van der Waals surface area contributed by atoms with Crippen LogP contribution in [0.1, 0.15) is 23.2 Å². The lowest BCUT2D eigenvalue weighted by molar-refractivity contribution is 0.0663. The second kappa shape index (κ2) is 6.98. The van der Waals surface area contributed by atoms with Gasteiger partial charge in [-0.15, -0.1) is 0 Å². The SMILES string of the molecule is CN(C)C1CCN(C(=O)c2ccc(S(=O)(=O)N(C)C)cc2)CC1. The highest BCUT2D eigenvalue weighted by Gasteiger charge is 2.25. The average Bonchev–Trinajstić information content (AvgIpc) is 2.54. The molecule has 0 unspecified atom stereocenters. The highest BCUT2D eigenvalue weighted by molar-refractivity contribution is 7.89. The molecular formula is C16H25N3O3S. The van der Waals surface area contributed by atoms with Gasteiger partial charge in [0.25, 0.3) is 5.91 Å². The first-order valence-electron chi connectivity index (χ1n) is 7.72. The molecule has 23 heavy (non-hydrogen) atoms. The van der Waals surface area contributed by atoms with Crippen LogP contribution in [0.3, 0.4) is 0 Å². The highest BCUT2D eigenvalue weighted by atomic mass is 32.2. The molecule has 128 valence electrons. The molecule has 7 heteroatoms. The Morgan fingerprint density at radius 3 is 2.00 bits per heavy atom. The Bertz CT molecular complexity index is 646. The Balaban J connectivity index is 2.07. The van der Waals surface area contributed by atoms with Crippen LogP contribution in [-0.4, -0.2) is 75.8 Å². The van der Waals surface area contributed by atoms with Crippen molar-refractivity contribution in [3.8, 4) is 0 Å². The molecule has 0 saturated carbocycles. The van der Waals surface area contributed by atoms with E-state index in [1.807, 2.05) is 4.90 Å². The summed E-state index contributed by atoms with van der Waals surface area (Å²) in [6.45, 7) is 1.47. The second-order valence-electron chi connectivity index (χ2n) is 6.30. The summed E-state index contributed by atoms with van der Waals surface area (Å²) in [4.78, 5) is 16.8. The van der Waals surface area contributed by atoms with E-state index in [0.717, 1.165) is 30.2 Å². The molecule has 0 aromatic heterocycles. The molecule has 1 saturated heterocycles. The number of rotatable bonds is 4. The van der Waals surface area contributed by atoms with E-state index in [1.54, 1.807) is 12.1 Å². The fourth-order valence-corrected chi connectivity index (χ4v) is 3.65. The first-order chi connectivity index (χ1) is 10.7. The topological polar surface area (TPSA) is 60.9 Å². The minimum atomic E-state index is -3.46. The van der Waals surface area contributed by atoms with E-state index in [2.05, 4.69) is 19.0 Å². The third kappa shape index (κ3) is 3.91. The van der Waals surface area contributed by atoms with Gasteiger partial charge in [-0.1, -0.05) is 0 Å². The summed E-state index contributed by atoms with van der Waals surface area (Å²) in [5.41, 5.74) is 0.533. The molecule has 0 bridgehead atoms. The van der Waals surface area contributed by atoms with E-state index in [0.29, 0.717) is 11.6 Å². The quantitative estimate of drug-likeness (QED) is 0.824. The zero-order chi connectivity index (χ0) is 17.2. The Morgan fingerprint density at radius 2 is 1.57 bits per heavy atom. The maximum atomic E-state index is 12.5. The zero-order valence-corrected chi connectivity index (χ0v) is 15.0. The maximum Gasteiger partial charge on any atom is 0.253 e. The Labute approximate surface area is 138 Å². The molecule has 1 aromatic rings. The van der Waals surface area contributed by atoms with Crippen molar-refractivity contribution >= 4 is 15.9 Å². The fourth-order valence-electron chi connectivity index (χ4n) is 2.75. The first-order valence-corrected chi connectivity index (χ1v) is 9.16. The van der Waals surface area contributed by atoms with Crippen molar-refractivity contribution in [2.45, 2.75) is 23.8 Å². The summed E-state index contributed by atoms with van der Waals surface area (Å²) >= 11 is 0. The number of carbonyl (C=O) groups is 1. The Kier molecular flexibility index (Phi) is 5.44. The van der Waals surface area contributed by atoms with Crippen LogP contribution in [0, 0.1) is 0 Å². The number of benzene rings is 1. The summed E-state index contributed by atoms with van der Waals surface area (Å²) < 4.78 is 25.2. The van der Waals surface area contributed by atoms with Crippen LogP contribution in [0.25, 0.3) is 0 Å². The molecular weight excluding hydrogens is 314 g/mol. The van der Waals surface area contributed by atoms with Crippen LogP contribution < -0.4 is 0 Å². The van der Waals surface area contributed by atoms with Gasteiger partial charge in [-0.05, 0) is 51.2 Å². The van der Waals surface area contributed by atoms with Gasteiger partial charge < -0.3 is 9.80 Å². The lowest BCUT2D eigenvalue weighted by Crippen LogP contribution is -2.44. The Morgan fingerprint density at radius 1 is 1.04 bits per heavy atom. The van der Waals surface area contributed by atoms with Gasteiger partial charge in [0.1, 0.15) is 0 Å². The van der Waals surface area contributed by atoms with Crippen LogP contribution in [0.4, 0.5) is 0 Å². The van der Waals surface area contributed by atoms with Crippen molar-refractivity contribution in [2.75, 3.05) is 41.3 Å². The number of nitrogens with zero attached hydrogens (tertiary/aromatic N) is 3. The molecule has 0 atom stereocenters.